The average Bonchev–Trinajstić information content (AvgIpc) is 2.50. The number of aliphatic imine (C=N–C) groups is 1. The summed E-state index contributed by atoms with van der Waals surface area (Å²) in [6.07, 6.45) is 4.94. The van der Waals surface area contributed by atoms with Gasteiger partial charge in [0.25, 0.3) is 0 Å². The zero-order valence-corrected chi connectivity index (χ0v) is 16.4. The van der Waals surface area contributed by atoms with E-state index in [9.17, 15) is 0 Å². The highest BCUT2D eigenvalue weighted by Crippen LogP contribution is 2.05. The molecule has 0 amide bonds. The van der Waals surface area contributed by atoms with E-state index in [1.807, 2.05) is 6.07 Å². The molecule has 0 unspecified atom stereocenters. The van der Waals surface area contributed by atoms with Gasteiger partial charge in [0, 0.05) is 32.9 Å². The fraction of sp³-hybridized carbons (Fsp3) is 0.600. The van der Waals surface area contributed by atoms with Crippen molar-refractivity contribution in [1.82, 2.24) is 15.6 Å². The molecule has 0 fully saturated rings. The molecule has 0 aromatic carbocycles. The van der Waals surface area contributed by atoms with Crippen LogP contribution < -0.4 is 10.6 Å². The van der Waals surface area contributed by atoms with Crippen LogP contribution in [-0.2, 0) is 11.2 Å². The summed E-state index contributed by atoms with van der Waals surface area (Å²) in [5.74, 6) is 0.788. The molecule has 2 N–H and O–H groups in total. The highest BCUT2D eigenvalue weighted by atomic mass is 127. The second kappa shape index (κ2) is 14.0. The molecule has 0 aliphatic rings. The van der Waals surface area contributed by atoms with E-state index in [4.69, 9.17) is 16.3 Å². The topological polar surface area (TPSA) is 58.5 Å². The van der Waals surface area contributed by atoms with Gasteiger partial charge in [0.05, 0.1) is 6.61 Å². The highest BCUT2D eigenvalue weighted by Gasteiger charge is 1.98. The van der Waals surface area contributed by atoms with Gasteiger partial charge < -0.3 is 15.4 Å². The maximum Gasteiger partial charge on any atom is 0.191 e. The van der Waals surface area contributed by atoms with Gasteiger partial charge in [-0.25, -0.2) is 4.98 Å². The molecule has 0 saturated carbocycles. The number of pyridine rings is 1. The van der Waals surface area contributed by atoms with Crippen LogP contribution in [0.5, 0.6) is 0 Å². The van der Waals surface area contributed by atoms with Crippen LogP contribution in [0.25, 0.3) is 0 Å². The smallest absolute Gasteiger partial charge is 0.191 e. The molecule has 22 heavy (non-hydrogen) atoms. The van der Waals surface area contributed by atoms with Crippen molar-refractivity contribution in [2.75, 3.05) is 33.4 Å². The molecule has 0 saturated heterocycles. The molecular formula is C15H26ClIN4O. The number of rotatable bonds is 9. The number of aromatic nitrogens is 1. The lowest BCUT2D eigenvalue weighted by Gasteiger charge is -2.12. The van der Waals surface area contributed by atoms with Crippen molar-refractivity contribution in [2.24, 2.45) is 4.99 Å². The zero-order chi connectivity index (χ0) is 15.3. The third-order valence-electron chi connectivity index (χ3n) is 2.90. The summed E-state index contributed by atoms with van der Waals surface area (Å²) in [7, 11) is 1.76. The maximum atomic E-state index is 5.75. The van der Waals surface area contributed by atoms with Gasteiger partial charge in [-0.15, -0.1) is 24.0 Å². The van der Waals surface area contributed by atoms with Crippen molar-refractivity contribution >= 4 is 41.5 Å². The van der Waals surface area contributed by atoms with Crippen molar-refractivity contribution in [3.05, 3.63) is 29.0 Å². The van der Waals surface area contributed by atoms with Gasteiger partial charge in [-0.3, -0.25) is 4.99 Å². The predicted octanol–water partition coefficient (Wildman–Crippen LogP) is 2.88. The maximum absolute atomic E-state index is 5.75. The quantitative estimate of drug-likeness (QED) is 0.204. The number of hydrogen-bond acceptors (Lipinski definition) is 3. The SMILES string of the molecule is CCCCOCCNC(=NC)NCCc1ccc(Cl)nc1.I. The molecule has 0 aliphatic heterocycles. The van der Waals surface area contributed by atoms with Gasteiger partial charge in [-0.05, 0) is 24.5 Å². The minimum atomic E-state index is 0. The second-order valence-electron chi connectivity index (χ2n) is 4.63. The normalized spacial score (nSPS) is 11.0. The van der Waals surface area contributed by atoms with Crippen LogP contribution in [0.2, 0.25) is 5.15 Å². The summed E-state index contributed by atoms with van der Waals surface area (Å²) in [4.78, 5) is 8.23. The molecule has 1 rings (SSSR count). The van der Waals surface area contributed by atoms with Crippen molar-refractivity contribution in [3.8, 4) is 0 Å². The van der Waals surface area contributed by atoms with Gasteiger partial charge >= 0.3 is 0 Å². The molecule has 126 valence electrons. The van der Waals surface area contributed by atoms with Gasteiger partial charge in [-0.2, -0.15) is 0 Å². The first-order chi connectivity index (χ1) is 10.3. The lowest BCUT2D eigenvalue weighted by Crippen LogP contribution is -2.39. The number of guanidine groups is 1. The molecule has 5 nitrogen and oxygen atoms in total. The van der Waals surface area contributed by atoms with Crippen LogP contribution in [0.15, 0.2) is 23.3 Å². The minimum absolute atomic E-state index is 0. The van der Waals surface area contributed by atoms with E-state index in [1.165, 1.54) is 0 Å². The van der Waals surface area contributed by atoms with E-state index in [0.717, 1.165) is 50.5 Å². The van der Waals surface area contributed by atoms with E-state index in [1.54, 1.807) is 19.3 Å². The van der Waals surface area contributed by atoms with Crippen LogP contribution in [0, 0.1) is 0 Å². The molecule has 1 aromatic rings. The summed E-state index contributed by atoms with van der Waals surface area (Å²) in [6, 6.07) is 3.78. The first-order valence-electron chi connectivity index (χ1n) is 7.39. The number of halogens is 2. The first kappa shape index (κ1) is 21.4. The number of ether oxygens (including phenoxy) is 1. The fourth-order valence-electron chi connectivity index (χ4n) is 1.69. The largest absolute Gasteiger partial charge is 0.380 e. The number of unbranched alkanes of at least 4 members (excludes halogenated alkanes) is 1. The Morgan fingerprint density at radius 3 is 2.68 bits per heavy atom. The molecular weight excluding hydrogens is 415 g/mol. The molecule has 0 radical (unpaired) electrons. The summed E-state index contributed by atoms with van der Waals surface area (Å²) in [5, 5.41) is 7.00. The van der Waals surface area contributed by atoms with E-state index >= 15 is 0 Å². The third-order valence-corrected chi connectivity index (χ3v) is 3.12. The Hall–Kier alpha value is -0.600. The van der Waals surface area contributed by atoms with Gasteiger partial charge in [0.1, 0.15) is 5.15 Å². The molecule has 0 spiro atoms. The van der Waals surface area contributed by atoms with Crippen molar-refractivity contribution in [1.29, 1.82) is 0 Å². The number of hydrogen-bond donors (Lipinski definition) is 2. The Kier molecular flexibility index (Phi) is 13.6. The Bertz CT molecular complexity index is 415. The summed E-state index contributed by atoms with van der Waals surface area (Å²) in [6.45, 7) is 5.23. The van der Waals surface area contributed by atoms with Crippen LogP contribution in [-0.4, -0.2) is 44.3 Å². The zero-order valence-electron chi connectivity index (χ0n) is 13.3. The van der Waals surface area contributed by atoms with E-state index < -0.39 is 0 Å². The van der Waals surface area contributed by atoms with Crippen LogP contribution in [0.4, 0.5) is 0 Å². The molecule has 1 heterocycles. The van der Waals surface area contributed by atoms with Crippen molar-refractivity contribution < 1.29 is 4.74 Å². The lowest BCUT2D eigenvalue weighted by atomic mass is 10.2. The average molecular weight is 441 g/mol. The standard InChI is InChI=1S/C15H25ClN4O.HI/c1-3-4-10-21-11-9-19-15(17-2)18-8-7-13-5-6-14(16)20-12-13;/h5-6,12H,3-4,7-11H2,1-2H3,(H2,17,18,19);1H. The second-order valence-corrected chi connectivity index (χ2v) is 5.02. The number of nitrogens with zero attached hydrogens (tertiary/aromatic N) is 2. The van der Waals surface area contributed by atoms with E-state index in [2.05, 4.69) is 27.5 Å². The molecule has 7 heteroatoms. The highest BCUT2D eigenvalue weighted by molar-refractivity contribution is 14.0. The van der Waals surface area contributed by atoms with Crippen LogP contribution in [0.1, 0.15) is 25.3 Å². The molecule has 0 atom stereocenters. The van der Waals surface area contributed by atoms with Gasteiger partial charge in [0.2, 0.25) is 0 Å². The lowest BCUT2D eigenvalue weighted by molar-refractivity contribution is 0.136. The van der Waals surface area contributed by atoms with Gasteiger partial charge in [-0.1, -0.05) is 31.0 Å². The predicted molar refractivity (Wildman–Crippen MR) is 103 cm³/mol. The monoisotopic (exact) mass is 440 g/mol. The van der Waals surface area contributed by atoms with Crippen LogP contribution >= 0.6 is 35.6 Å². The molecule has 1 aromatic heterocycles. The summed E-state index contributed by atoms with van der Waals surface area (Å²) >= 11 is 5.75. The molecule has 0 aliphatic carbocycles. The summed E-state index contributed by atoms with van der Waals surface area (Å²) in [5.41, 5.74) is 1.14. The Balaban J connectivity index is 0.00000441. The first-order valence-corrected chi connectivity index (χ1v) is 7.76. The fourth-order valence-corrected chi connectivity index (χ4v) is 1.80. The summed E-state index contributed by atoms with van der Waals surface area (Å²) < 4.78 is 5.49. The van der Waals surface area contributed by atoms with Crippen molar-refractivity contribution in [3.63, 3.8) is 0 Å². The Labute approximate surface area is 155 Å². The Morgan fingerprint density at radius 2 is 2.05 bits per heavy atom. The van der Waals surface area contributed by atoms with E-state index in [-0.39, 0.29) is 24.0 Å². The number of nitrogens with one attached hydrogen (secondary N) is 2. The van der Waals surface area contributed by atoms with Gasteiger partial charge in [0.15, 0.2) is 5.96 Å². The third kappa shape index (κ3) is 10.2. The van der Waals surface area contributed by atoms with E-state index in [0.29, 0.717) is 11.8 Å². The van der Waals surface area contributed by atoms with Crippen molar-refractivity contribution in [2.45, 2.75) is 26.2 Å². The minimum Gasteiger partial charge on any atom is -0.380 e. The van der Waals surface area contributed by atoms with Crippen LogP contribution in [0.3, 0.4) is 0 Å². The molecule has 0 bridgehead atoms. The Morgan fingerprint density at radius 1 is 1.27 bits per heavy atom.